The summed E-state index contributed by atoms with van der Waals surface area (Å²) in [6, 6.07) is 11.9. The van der Waals surface area contributed by atoms with Gasteiger partial charge in [-0.1, -0.05) is 34.1 Å². The Balaban J connectivity index is 1.77. The molecule has 0 bridgehead atoms. The number of rotatable bonds is 4. The van der Waals surface area contributed by atoms with Gasteiger partial charge in [0.2, 0.25) is 5.95 Å². The van der Waals surface area contributed by atoms with Gasteiger partial charge in [0.05, 0.1) is 17.8 Å². The molecule has 5 heteroatoms. The van der Waals surface area contributed by atoms with E-state index < -0.39 is 0 Å². The van der Waals surface area contributed by atoms with E-state index in [2.05, 4.69) is 39.7 Å². The summed E-state index contributed by atoms with van der Waals surface area (Å²) < 4.78 is 7.02. The van der Waals surface area contributed by atoms with E-state index in [9.17, 15) is 0 Å². The van der Waals surface area contributed by atoms with Crippen molar-refractivity contribution in [3.63, 3.8) is 0 Å². The molecule has 1 heterocycles. The van der Waals surface area contributed by atoms with E-state index in [1.54, 1.807) is 0 Å². The maximum absolute atomic E-state index is 5.89. The van der Waals surface area contributed by atoms with Gasteiger partial charge in [0.1, 0.15) is 5.75 Å². The molecular formula is C18H18BrN3O. The molecule has 4 nitrogen and oxygen atoms in total. The molecule has 2 N–H and O–H groups in total. The van der Waals surface area contributed by atoms with Crippen LogP contribution in [-0.2, 0) is 6.42 Å². The molecule has 0 unspecified atom stereocenters. The Morgan fingerprint density at radius 2 is 1.78 bits per heavy atom. The number of aryl methyl sites for hydroxylation is 2. The van der Waals surface area contributed by atoms with Crippen molar-refractivity contribution in [1.82, 2.24) is 9.97 Å². The number of hydrogen-bond acceptors (Lipinski definition) is 4. The molecule has 3 aromatic rings. The van der Waals surface area contributed by atoms with Crippen LogP contribution in [0.5, 0.6) is 5.75 Å². The third-order valence-electron chi connectivity index (χ3n) is 3.72. The zero-order chi connectivity index (χ0) is 16.4. The standard InChI is InChI=1S/C18H18BrN3O/c1-11-9-13(10-12(2)17(11)19)23-8-7-16-14-5-3-4-6-15(14)21-18(20)22-16/h3-6,9-10H,7-8H2,1-2H3,(H2,20,21,22). The highest BCUT2D eigenvalue weighted by Crippen LogP contribution is 2.26. The Hall–Kier alpha value is -2.14. The average Bonchev–Trinajstić information content (AvgIpc) is 2.52. The van der Waals surface area contributed by atoms with Crippen LogP contribution in [0.4, 0.5) is 5.95 Å². The van der Waals surface area contributed by atoms with Crippen molar-refractivity contribution in [3.8, 4) is 5.75 Å². The third-order valence-corrected chi connectivity index (χ3v) is 4.97. The summed E-state index contributed by atoms with van der Waals surface area (Å²) >= 11 is 3.57. The van der Waals surface area contributed by atoms with Gasteiger partial charge >= 0.3 is 0 Å². The summed E-state index contributed by atoms with van der Waals surface area (Å²) in [6.45, 7) is 4.66. The van der Waals surface area contributed by atoms with Crippen molar-refractivity contribution in [2.45, 2.75) is 20.3 Å². The lowest BCUT2D eigenvalue weighted by atomic mass is 10.1. The fourth-order valence-corrected chi connectivity index (χ4v) is 2.84. The fraction of sp³-hybridized carbons (Fsp3) is 0.222. The summed E-state index contributed by atoms with van der Waals surface area (Å²) in [4.78, 5) is 8.62. The second-order valence-electron chi connectivity index (χ2n) is 5.52. The van der Waals surface area contributed by atoms with Gasteiger partial charge in [-0.3, -0.25) is 0 Å². The predicted molar refractivity (Wildman–Crippen MR) is 96.8 cm³/mol. The van der Waals surface area contributed by atoms with Crippen LogP contribution in [0, 0.1) is 13.8 Å². The van der Waals surface area contributed by atoms with Gasteiger partial charge in [-0.2, -0.15) is 0 Å². The smallest absolute Gasteiger partial charge is 0.220 e. The van der Waals surface area contributed by atoms with Gasteiger partial charge in [0, 0.05) is 16.3 Å². The fourth-order valence-electron chi connectivity index (χ4n) is 2.61. The lowest BCUT2D eigenvalue weighted by Crippen LogP contribution is -2.07. The number of fused-ring (bicyclic) bond motifs is 1. The van der Waals surface area contributed by atoms with Crippen LogP contribution in [0.25, 0.3) is 10.9 Å². The first-order valence-electron chi connectivity index (χ1n) is 7.45. The highest BCUT2D eigenvalue weighted by Gasteiger charge is 2.07. The molecule has 0 radical (unpaired) electrons. The number of nitrogens with zero attached hydrogens (tertiary/aromatic N) is 2. The first kappa shape index (κ1) is 15.7. The molecular weight excluding hydrogens is 354 g/mol. The molecule has 118 valence electrons. The normalized spacial score (nSPS) is 10.9. The monoisotopic (exact) mass is 371 g/mol. The van der Waals surface area contributed by atoms with E-state index in [4.69, 9.17) is 10.5 Å². The highest BCUT2D eigenvalue weighted by molar-refractivity contribution is 9.10. The van der Waals surface area contributed by atoms with Gasteiger partial charge in [-0.25, -0.2) is 9.97 Å². The molecule has 0 saturated heterocycles. The van der Waals surface area contributed by atoms with Crippen molar-refractivity contribution in [1.29, 1.82) is 0 Å². The summed E-state index contributed by atoms with van der Waals surface area (Å²) in [6.07, 6.45) is 0.682. The molecule has 2 aromatic carbocycles. The topological polar surface area (TPSA) is 61.0 Å². The number of hydrogen-bond donors (Lipinski definition) is 1. The van der Waals surface area contributed by atoms with E-state index in [1.165, 1.54) is 0 Å². The van der Waals surface area contributed by atoms with E-state index in [0.717, 1.165) is 37.9 Å². The van der Waals surface area contributed by atoms with Crippen LogP contribution < -0.4 is 10.5 Å². The van der Waals surface area contributed by atoms with Gasteiger partial charge < -0.3 is 10.5 Å². The summed E-state index contributed by atoms with van der Waals surface area (Å²) in [5.74, 6) is 1.17. The Morgan fingerprint density at radius 1 is 1.09 bits per heavy atom. The second kappa shape index (κ2) is 6.54. The van der Waals surface area contributed by atoms with Crippen LogP contribution in [0.1, 0.15) is 16.8 Å². The Bertz CT molecular complexity index is 841. The highest BCUT2D eigenvalue weighted by atomic mass is 79.9. The number of benzene rings is 2. The molecule has 0 aliphatic rings. The molecule has 0 amide bonds. The number of aromatic nitrogens is 2. The van der Waals surface area contributed by atoms with Crippen LogP contribution in [0.2, 0.25) is 0 Å². The number of halogens is 1. The maximum atomic E-state index is 5.89. The quantitative estimate of drug-likeness (QED) is 0.745. The molecule has 0 atom stereocenters. The Morgan fingerprint density at radius 3 is 2.52 bits per heavy atom. The lowest BCUT2D eigenvalue weighted by molar-refractivity contribution is 0.320. The summed E-state index contributed by atoms with van der Waals surface area (Å²) in [7, 11) is 0. The lowest BCUT2D eigenvalue weighted by Gasteiger charge is -2.11. The van der Waals surface area contributed by atoms with E-state index in [-0.39, 0.29) is 0 Å². The summed E-state index contributed by atoms with van der Waals surface area (Å²) in [5, 5.41) is 1.02. The Labute approximate surface area is 143 Å². The number of anilines is 1. The zero-order valence-corrected chi connectivity index (χ0v) is 14.7. The molecule has 0 aliphatic heterocycles. The molecule has 0 spiro atoms. The maximum Gasteiger partial charge on any atom is 0.220 e. The molecule has 23 heavy (non-hydrogen) atoms. The largest absolute Gasteiger partial charge is 0.493 e. The van der Waals surface area contributed by atoms with Crippen LogP contribution in [-0.4, -0.2) is 16.6 Å². The molecule has 0 aliphatic carbocycles. The minimum atomic E-state index is 0.300. The van der Waals surface area contributed by atoms with E-state index in [0.29, 0.717) is 19.0 Å². The van der Waals surface area contributed by atoms with Crippen molar-refractivity contribution in [2.24, 2.45) is 0 Å². The molecule has 3 rings (SSSR count). The number of nitrogen functional groups attached to an aromatic ring is 1. The van der Waals surface area contributed by atoms with Crippen molar-refractivity contribution >= 4 is 32.8 Å². The average molecular weight is 372 g/mol. The first-order valence-corrected chi connectivity index (χ1v) is 8.24. The Kier molecular flexibility index (Phi) is 4.48. The van der Waals surface area contributed by atoms with Gasteiger partial charge in [0.25, 0.3) is 0 Å². The molecule has 0 saturated carbocycles. The van der Waals surface area contributed by atoms with Crippen LogP contribution >= 0.6 is 15.9 Å². The van der Waals surface area contributed by atoms with Crippen LogP contribution in [0.3, 0.4) is 0 Å². The minimum Gasteiger partial charge on any atom is -0.493 e. The predicted octanol–water partition coefficient (Wildman–Crippen LogP) is 4.21. The molecule has 0 fully saturated rings. The van der Waals surface area contributed by atoms with Gasteiger partial charge in [-0.05, 0) is 43.2 Å². The first-order chi connectivity index (χ1) is 11.0. The molecule has 1 aromatic heterocycles. The van der Waals surface area contributed by atoms with E-state index >= 15 is 0 Å². The number of para-hydroxylation sites is 1. The second-order valence-corrected chi connectivity index (χ2v) is 6.31. The minimum absolute atomic E-state index is 0.300. The van der Waals surface area contributed by atoms with E-state index in [1.807, 2.05) is 36.4 Å². The SMILES string of the molecule is Cc1cc(OCCc2nc(N)nc3ccccc23)cc(C)c1Br. The van der Waals surface area contributed by atoms with Crippen LogP contribution in [0.15, 0.2) is 40.9 Å². The number of ether oxygens (including phenoxy) is 1. The number of nitrogens with two attached hydrogens (primary N) is 1. The summed E-state index contributed by atoms with van der Waals surface area (Å²) in [5.41, 5.74) is 9.90. The van der Waals surface area contributed by atoms with Crippen molar-refractivity contribution in [2.75, 3.05) is 12.3 Å². The third kappa shape index (κ3) is 3.45. The van der Waals surface area contributed by atoms with Crippen molar-refractivity contribution in [3.05, 3.63) is 57.7 Å². The zero-order valence-electron chi connectivity index (χ0n) is 13.1. The van der Waals surface area contributed by atoms with Gasteiger partial charge in [0.15, 0.2) is 0 Å². The van der Waals surface area contributed by atoms with Crippen molar-refractivity contribution < 1.29 is 4.74 Å². The van der Waals surface area contributed by atoms with Gasteiger partial charge in [-0.15, -0.1) is 0 Å².